The van der Waals surface area contributed by atoms with Crippen LogP contribution in [0.25, 0.3) is 11.2 Å². The molecule has 0 fully saturated rings. The van der Waals surface area contributed by atoms with E-state index in [0.29, 0.717) is 5.88 Å². The Morgan fingerprint density at radius 2 is 2.24 bits per heavy atom. The molecule has 0 N–H and O–H groups in total. The van der Waals surface area contributed by atoms with Crippen LogP contribution in [0.3, 0.4) is 0 Å². The quantitative estimate of drug-likeness (QED) is 0.678. The highest BCUT2D eigenvalue weighted by molar-refractivity contribution is 7.09. The van der Waals surface area contributed by atoms with Gasteiger partial charge in [-0.2, -0.15) is 5.10 Å². The first-order valence-electron chi connectivity index (χ1n) is 7.05. The predicted octanol–water partition coefficient (Wildman–Crippen LogP) is 3.18. The van der Waals surface area contributed by atoms with Crippen molar-refractivity contribution in [2.45, 2.75) is 32.7 Å². The van der Waals surface area contributed by atoms with Gasteiger partial charge < -0.3 is 4.57 Å². The summed E-state index contributed by atoms with van der Waals surface area (Å²) in [7, 11) is 1.97. The van der Waals surface area contributed by atoms with E-state index in [2.05, 4.69) is 28.5 Å². The maximum Gasteiger partial charge on any atom is 0.159 e. The Balaban J connectivity index is 2.22. The Labute approximate surface area is 132 Å². The molecule has 1 atom stereocenters. The largest absolute Gasteiger partial charge is 0.303 e. The third kappa shape index (κ3) is 2.36. The predicted molar refractivity (Wildman–Crippen MR) is 86.2 cm³/mol. The third-order valence-electron chi connectivity index (χ3n) is 3.66. The highest BCUT2D eigenvalue weighted by Gasteiger charge is 2.23. The summed E-state index contributed by atoms with van der Waals surface area (Å²) in [5.74, 6) is 1.56. The standard InChI is InChI=1S/C14H18ClN5S/c1-4-10-12-14(19(3)18-10)20(11(17-12)5-6-15)9(2)13-16-7-8-21-13/h7-9H,4-6H2,1-3H3. The number of rotatable bonds is 5. The smallest absolute Gasteiger partial charge is 0.159 e. The average Bonchev–Trinajstić information content (AvgIpc) is 3.16. The van der Waals surface area contributed by atoms with E-state index in [-0.39, 0.29) is 6.04 Å². The molecule has 0 radical (unpaired) electrons. The lowest BCUT2D eigenvalue weighted by molar-refractivity contribution is 0.596. The maximum absolute atomic E-state index is 5.96. The molecule has 3 rings (SSSR count). The summed E-state index contributed by atoms with van der Waals surface area (Å²) >= 11 is 7.62. The van der Waals surface area contributed by atoms with Gasteiger partial charge in [-0.05, 0) is 13.3 Å². The Hall–Kier alpha value is -1.40. The fraction of sp³-hybridized carbons (Fsp3) is 0.500. The molecule has 0 saturated carbocycles. The van der Waals surface area contributed by atoms with Crippen molar-refractivity contribution in [3.8, 4) is 0 Å². The summed E-state index contributed by atoms with van der Waals surface area (Å²) in [4.78, 5) is 9.24. The molecule has 0 aromatic carbocycles. The topological polar surface area (TPSA) is 48.5 Å². The number of alkyl halides is 1. The zero-order valence-electron chi connectivity index (χ0n) is 12.4. The van der Waals surface area contributed by atoms with Gasteiger partial charge in [0.05, 0.1) is 11.7 Å². The van der Waals surface area contributed by atoms with Crippen molar-refractivity contribution in [3.05, 3.63) is 28.1 Å². The Morgan fingerprint density at radius 3 is 2.86 bits per heavy atom. The summed E-state index contributed by atoms with van der Waals surface area (Å²) in [6, 6.07) is 0.133. The number of halogens is 1. The minimum atomic E-state index is 0.133. The van der Waals surface area contributed by atoms with Gasteiger partial charge in [-0.3, -0.25) is 4.68 Å². The van der Waals surface area contributed by atoms with Crippen molar-refractivity contribution in [1.82, 2.24) is 24.3 Å². The summed E-state index contributed by atoms with van der Waals surface area (Å²) < 4.78 is 4.14. The molecule has 3 heterocycles. The Kier molecular flexibility index (Phi) is 3.99. The second kappa shape index (κ2) is 5.77. The van der Waals surface area contributed by atoms with E-state index in [1.165, 1.54) is 0 Å². The van der Waals surface area contributed by atoms with Crippen LogP contribution >= 0.6 is 22.9 Å². The van der Waals surface area contributed by atoms with Gasteiger partial charge in [0.2, 0.25) is 0 Å². The van der Waals surface area contributed by atoms with Crippen molar-refractivity contribution in [3.63, 3.8) is 0 Å². The van der Waals surface area contributed by atoms with E-state index in [1.54, 1.807) is 11.3 Å². The lowest BCUT2D eigenvalue weighted by Crippen LogP contribution is -2.13. The van der Waals surface area contributed by atoms with Gasteiger partial charge in [0.15, 0.2) is 5.65 Å². The summed E-state index contributed by atoms with van der Waals surface area (Å²) in [5, 5.41) is 7.65. The zero-order chi connectivity index (χ0) is 15.0. The van der Waals surface area contributed by atoms with E-state index in [9.17, 15) is 0 Å². The number of fused-ring (bicyclic) bond motifs is 1. The molecule has 0 aliphatic heterocycles. The van der Waals surface area contributed by atoms with E-state index < -0.39 is 0 Å². The van der Waals surface area contributed by atoms with Gasteiger partial charge >= 0.3 is 0 Å². The van der Waals surface area contributed by atoms with Crippen LogP contribution in [0.4, 0.5) is 0 Å². The molecule has 21 heavy (non-hydrogen) atoms. The summed E-state index contributed by atoms with van der Waals surface area (Å²) in [6.07, 6.45) is 3.46. The molecule has 3 aromatic heterocycles. The number of imidazole rings is 1. The van der Waals surface area contributed by atoms with Crippen molar-refractivity contribution in [2.75, 3.05) is 5.88 Å². The monoisotopic (exact) mass is 323 g/mol. The van der Waals surface area contributed by atoms with Crippen molar-refractivity contribution >= 4 is 34.1 Å². The van der Waals surface area contributed by atoms with Crippen LogP contribution in [0, 0.1) is 0 Å². The van der Waals surface area contributed by atoms with Crippen LogP contribution in [-0.2, 0) is 19.9 Å². The number of hydrogen-bond acceptors (Lipinski definition) is 4. The first kappa shape index (κ1) is 14.5. The van der Waals surface area contributed by atoms with Gasteiger partial charge in [-0.1, -0.05) is 6.92 Å². The normalized spacial score (nSPS) is 13.1. The molecular formula is C14H18ClN5S. The van der Waals surface area contributed by atoms with Crippen LogP contribution < -0.4 is 0 Å². The molecule has 7 heteroatoms. The minimum absolute atomic E-state index is 0.133. The fourth-order valence-electron chi connectivity index (χ4n) is 2.71. The molecule has 1 unspecified atom stereocenters. The van der Waals surface area contributed by atoms with E-state index >= 15 is 0 Å². The van der Waals surface area contributed by atoms with Gasteiger partial charge in [0.1, 0.15) is 16.3 Å². The molecule has 112 valence electrons. The van der Waals surface area contributed by atoms with E-state index in [1.807, 2.05) is 23.3 Å². The summed E-state index contributed by atoms with van der Waals surface area (Å²) in [6.45, 7) is 4.25. The lowest BCUT2D eigenvalue weighted by atomic mass is 10.3. The van der Waals surface area contributed by atoms with Gasteiger partial charge in [0.25, 0.3) is 0 Å². The molecule has 0 aliphatic carbocycles. The summed E-state index contributed by atoms with van der Waals surface area (Å²) in [5.41, 5.74) is 3.08. The molecule has 0 spiro atoms. The minimum Gasteiger partial charge on any atom is -0.303 e. The molecule has 3 aromatic rings. The van der Waals surface area contributed by atoms with Gasteiger partial charge in [-0.25, -0.2) is 9.97 Å². The second-order valence-electron chi connectivity index (χ2n) is 4.98. The van der Waals surface area contributed by atoms with Crippen molar-refractivity contribution < 1.29 is 0 Å². The molecular weight excluding hydrogens is 306 g/mol. The van der Waals surface area contributed by atoms with Crippen LogP contribution in [0.15, 0.2) is 11.6 Å². The highest BCUT2D eigenvalue weighted by atomic mass is 35.5. The first-order valence-corrected chi connectivity index (χ1v) is 8.46. The van der Waals surface area contributed by atoms with Gasteiger partial charge in [0, 0.05) is 30.9 Å². The Morgan fingerprint density at radius 1 is 1.43 bits per heavy atom. The molecule has 0 saturated heterocycles. The van der Waals surface area contributed by atoms with Crippen LogP contribution in [-0.4, -0.2) is 30.2 Å². The van der Waals surface area contributed by atoms with Crippen molar-refractivity contribution in [2.24, 2.45) is 7.05 Å². The Bertz CT molecular complexity index is 743. The molecule has 0 bridgehead atoms. The fourth-order valence-corrected chi connectivity index (χ4v) is 3.56. The third-order valence-corrected chi connectivity index (χ3v) is 4.79. The zero-order valence-corrected chi connectivity index (χ0v) is 13.9. The SMILES string of the molecule is CCc1nn(C)c2c1nc(CCCl)n2C(C)c1nccs1. The molecule has 0 amide bonds. The van der Waals surface area contributed by atoms with Crippen LogP contribution in [0.2, 0.25) is 0 Å². The first-order chi connectivity index (χ1) is 10.2. The van der Waals surface area contributed by atoms with E-state index in [0.717, 1.165) is 40.5 Å². The number of aryl methyl sites for hydroxylation is 3. The second-order valence-corrected chi connectivity index (χ2v) is 6.28. The van der Waals surface area contributed by atoms with E-state index in [4.69, 9.17) is 16.6 Å². The maximum atomic E-state index is 5.96. The number of hydrogen-bond donors (Lipinski definition) is 0. The number of thiazole rings is 1. The highest BCUT2D eigenvalue weighted by Crippen LogP contribution is 2.29. The molecule has 0 aliphatic rings. The molecule has 5 nitrogen and oxygen atoms in total. The van der Waals surface area contributed by atoms with Crippen LogP contribution in [0.5, 0.6) is 0 Å². The number of aromatic nitrogens is 5. The van der Waals surface area contributed by atoms with Crippen LogP contribution in [0.1, 0.15) is 36.4 Å². The number of nitrogens with zero attached hydrogens (tertiary/aromatic N) is 5. The van der Waals surface area contributed by atoms with Gasteiger partial charge in [-0.15, -0.1) is 22.9 Å². The van der Waals surface area contributed by atoms with Crippen molar-refractivity contribution in [1.29, 1.82) is 0 Å². The lowest BCUT2D eigenvalue weighted by Gasteiger charge is -2.15. The average molecular weight is 324 g/mol.